The summed E-state index contributed by atoms with van der Waals surface area (Å²) < 4.78 is 26.1. The van der Waals surface area contributed by atoms with Gasteiger partial charge in [0.15, 0.2) is 0 Å². The molecule has 0 radical (unpaired) electrons. The number of carboxylic acids is 1. The maximum atomic E-state index is 12.4. The van der Waals surface area contributed by atoms with Crippen LogP contribution in [-0.2, 0) is 27.8 Å². The van der Waals surface area contributed by atoms with Gasteiger partial charge in [-0.2, -0.15) is 4.31 Å². The van der Waals surface area contributed by atoms with Crippen molar-refractivity contribution in [3.63, 3.8) is 0 Å². The van der Waals surface area contributed by atoms with Crippen molar-refractivity contribution >= 4 is 16.0 Å². The molecule has 0 saturated heterocycles. The van der Waals surface area contributed by atoms with E-state index in [2.05, 4.69) is 0 Å². The van der Waals surface area contributed by atoms with Crippen molar-refractivity contribution in [2.45, 2.75) is 26.8 Å². The van der Waals surface area contributed by atoms with Crippen LogP contribution in [0.1, 0.15) is 25.0 Å². The zero-order chi connectivity index (χ0) is 15.0. The first-order chi connectivity index (χ1) is 9.22. The number of nitrogens with zero attached hydrogens (tertiary/aromatic N) is 1. The molecular weight excluding hydrogens is 278 g/mol. The van der Waals surface area contributed by atoms with Crippen LogP contribution in [0.5, 0.6) is 0 Å². The van der Waals surface area contributed by atoms with E-state index in [4.69, 9.17) is 5.11 Å². The number of carboxylic acid groups (broad SMARTS) is 1. The van der Waals surface area contributed by atoms with Crippen molar-refractivity contribution in [2.24, 2.45) is 5.41 Å². The summed E-state index contributed by atoms with van der Waals surface area (Å²) in [5.41, 5.74) is 0.877. The van der Waals surface area contributed by atoms with Gasteiger partial charge in [0.05, 0.1) is 11.2 Å². The molecule has 0 bridgehead atoms. The van der Waals surface area contributed by atoms with E-state index in [1.165, 1.54) is 18.2 Å². The molecule has 0 saturated carbocycles. The Hall–Kier alpha value is -1.40. The Kier molecular flexibility index (Phi) is 3.88. The maximum absolute atomic E-state index is 12.4. The van der Waals surface area contributed by atoms with Gasteiger partial charge in [-0.3, -0.25) is 4.79 Å². The molecular formula is C14H19NO4S. The van der Waals surface area contributed by atoms with Gasteiger partial charge in [0, 0.05) is 13.1 Å². The smallest absolute Gasteiger partial charge is 0.310 e. The largest absolute Gasteiger partial charge is 0.481 e. The van der Waals surface area contributed by atoms with Crippen LogP contribution in [0.3, 0.4) is 0 Å². The minimum absolute atomic E-state index is 0.328. The lowest BCUT2D eigenvalue weighted by Gasteiger charge is -2.30. The molecule has 1 aliphatic heterocycles. The van der Waals surface area contributed by atoms with Crippen molar-refractivity contribution in [1.29, 1.82) is 0 Å². The first-order valence-corrected chi connectivity index (χ1v) is 8.11. The summed E-state index contributed by atoms with van der Waals surface area (Å²) in [5.74, 6) is -1.48. The number of benzene rings is 1. The third kappa shape index (κ3) is 3.02. The van der Waals surface area contributed by atoms with Gasteiger partial charge in [0.25, 0.3) is 0 Å². The van der Waals surface area contributed by atoms with Gasteiger partial charge < -0.3 is 5.11 Å². The van der Waals surface area contributed by atoms with Crippen LogP contribution >= 0.6 is 0 Å². The number of rotatable bonds is 4. The van der Waals surface area contributed by atoms with Crippen molar-refractivity contribution in [1.82, 2.24) is 4.31 Å². The van der Waals surface area contributed by atoms with Crippen molar-refractivity contribution < 1.29 is 18.3 Å². The van der Waals surface area contributed by atoms with E-state index in [0.29, 0.717) is 19.5 Å². The summed E-state index contributed by atoms with van der Waals surface area (Å²) in [6.07, 6.45) is 0.670. The lowest BCUT2D eigenvalue weighted by Crippen LogP contribution is -2.42. The monoisotopic (exact) mass is 297 g/mol. The third-order valence-electron chi connectivity index (χ3n) is 3.61. The van der Waals surface area contributed by atoms with E-state index in [1.54, 1.807) is 0 Å². The van der Waals surface area contributed by atoms with Crippen LogP contribution in [-0.4, -0.2) is 36.1 Å². The van der Waals surface area contributed by atoms with Crippen molar-refractivity contribution in [2.75, 3.05) is 12.3 Å². The number of hydrogen-bond donors (Lipinski definition) is 1. The molecule has 20 heavy (non-hydrogen) atoms. The molecule has 6 heteroatoms. The second kappa shape index (κ2) is 5.18. The summed E-state index contributed by atoms with van der Waals surface area (Å²) in [6, 6.07) is 7.74. The quantitative estimate of drug-likeness (QED) is 0.913. The summed E-state index contributed by atoms with van der Waals surface area (Å²) in [4.78, 5) is 11.1. The fraction of sp³-hybridized carbons (Fsp3) is 0.500. The molecule has 0 amide bonds. The third-order valence-corrected chi connectivity index (χ3v) is 5.80. The molecule has 0 aliphatic carbocycles. The van der Waals surface area contributed by atoms with Gasteiger partial charge >= 0.3 is 5.97 Å². The first-order valence-electron chi connectivity index (χ1n) is 6.50. The normalized spacial score (nSPS) is 16.7. The predicted molar refractivity (Wildman–Crippen MR) is 75.8 cm³/mol. The molecule has 1 heterocycles. The van der Waals surface area contributed by atoms with Crippen LogP contribution in [0.4, 0.5) is 0 Å². The van der Waals surface area contributed by atoms with Crippen LogP contribution < -0.4 is 0 Å². The Bertz CT molecular complexity index is 622. The molecule has 2 rings (SSSR count). The van der Waals surface area contributed by atoms with Crippen LogP contribution in [0.15, 0.2) is 24.3 Å². The molecule has 1 N–H and O–H groups in total. The molecule has 1 aliphatic rings. The van der Waals surface area contributed by atoms with Gasteiger partial charge in [0.2, 0.25) is 10.0 Å². The Balaban J connectivity index is 2.19. The van der Waals surface area contributed by atoms with Gasteiger partial charge in [-0.15, -0.1) is 0 Å². The molecule has 0 aromatic heterocycles. The first kappa shape index (κ1) is 15.0. The van der Waals surface area contributed by atoms with Gasteiger partial charge in [-0.25, -0.2) is 8.42 Å². The van der Waals surface area contributed by atoms with E-state index in [-0.39, 0.29) is 5.75 Å². The minimum atomic E-state index is -3.58. The highest BCUT2D eigenvalue weighted by Gasteiger charge is 2.37. The maximum Gasteiger partial charge on any atom is 0.310 e. The van der Waals surface area contributed by atoms with Gasteiger partial charge in [0.1, 0.15) is 0 Å². The second-order valence-corrected chi connectivity index (χ2v) is 7.77. The van der Waals surface area contributed by atoms with Gasteiger partial charge in [-0.05, 0) is 31.4 Å². The molecule has 1 aromatic rings. The fourth-order valence-electron chi connectivity index (χ4n) is 2.32. The summed E-state index contributed by atoms with van der Waals surface area (Å²) >= 11 is 0. The Morgan fingerprint density at radius 2 is 1.90 bits per heavy atom. The highest BCUT2D eigenvalue weighted by Crippen LogP contribution is 2.25. The van der Waals surface area contributed by atoms with Crippen molar-refractivity contribution in [3.05, 3.63) is 35.4 Å². The fourth-order valence-corrected chi connectivity index (χ4v) is 4.24. The number of hydrogen-bond acceptors (Lipinski definition) is 3. The molecule has 1 aromatic carbocycles. The average molecular weight is 297 g/mol. The van der Waals surface area contributed by atoms with Crippen LogP contribution in [0.2, 0.25) is 0 Å². The zero-order valence-corrected chi connectivity index (χ0v) is 12.5. The number of fused-ring (bicyclic) bond motifs is 1. The topological polar surface area (TPSA) is 74.7 Å². The number of aliphatic carboxylic acids is 1. The minimum Gasteiger partial charge on any atom is -0.481 e. The van der Waals surface area contributed by atoms with Crippen LogP contribution in [0.25, 0.3) is 0 Å². The lowest BCUT2D eigenvalue weighted by molar-refractivity contribution is -0.145. The molecule has 0 fully saturated rings. The average Bonchev–Trinajstić information content (AvgIpc) is 2.36. The Labute approximate surface area is 119 Å². The van der Waals surface area contributed by atoms with Crippen molar-refractivity contribution in [3.8, 4) is 0 Å². The van der Waals surface area contributed by atoms with E-state index in [1.807, 2.05) is 24.3 Å². The molecule has 5 nitrogen and oxygen atoms in total. The molecule has 110 valence electrons. The van der Waals surface area contributed by atoms with E-state index < -0.39 is 21.4 Å². The zero-order valence-electron chi connectivity index (χ0n) is 11.7. The summed E-state index contributed by atoms with van der Waals surface area (Å²) in [5, 5.41) is 9.08. The van der Waals surface area contributed by atoms with E-state index >= 15 is 0 Å². The summed E-state index contributed by atoms with van der Waals surface area (Å²) in [6.45, 7) is 3.61. The van der Waals surface area contributed by atoms with Crippen LogP contribution in [0, 0.1) is 5.41 Å². The summed E-state index contributed by atoms with van der Waals surface area (Å²) in [7, 11) is -3.58. The molecule has 0 spiro atoms. The Morgan fingerprint density at radius 3 is 2.50 bits per heavy atom. The number of sulfonamides is 1. The lowest BCUT2D eigenvalue weighted by atomic mass is 9.97. The second-order valence-electron chi connectivity index (χ2n) is 5.80. The molecule has 0 unspecified atom stereocenters. The highest BCUT2D eigenvalue weighted by atomic mass is 32.2. The van der Waals surface area contributed by atoms with E-state index in [9.17, 15) is 13.2 Å². The predicted octanol–water partition coefficient (Wildman–Crippen LogP) is 1.49. The Morgan fingerprint density at radius 1 is 1.30 bits per heavy atom. The number of carbonyl (C=O) groups is 1. The van der Waals surface area contributed by atoms with Gasteiger partial charge in [-0.1, -0.05) is 24.3 Å². The van der Waals surface area contributed by atoms with E-state index in [0.717, 1.165) is 11.1 Å². The SMILES string of the molecule is CC(C)(CS(=O)(=O)N1CCc2ccccc2C1)C(=O)O. The standard InChI is InChI=1S/C14H19NO4S/c1-14(2,13(16)17)10-20(18,19)15-8-7-11-5-3-4-6-12(11)9-15/h3-6H,7-10H2,1-2H3,(H,16,17). The highest BCUT2D eigenvalue weighted by molar-refractivity contribution is 7.89. The molecule has 0 atom stereocenters.